The molecule has 0 radical (unpaired) electrons. The molecule has 0 aromatic heterocycles. The molecule has 1 aliphatic rings. The number of phenolic OH excluding ortho intramolecular Hbond substituents is 1. The van der Waals surface area contributed by atoms with E-state index >= 15 is 0 Å². The van der Waals surface area contributed by atoms with Crippen LogP contribution in [0.15, 0.2) is 52.0 Å². The molecule has 5 nitrogen and oxygen atoms in total. The average Bonchev–Trinajstić information content (AvgIpc) is 2.79. The molecular weight excluding hydrogens is 508 g/mol. The van der Waals surface area contributed by atoms with E-state index < -0.39 is 11.6 Å². The van der Waals surface area contributed by atoms with Crippen LogP contribution in [-0.2, 0) is 21.4 Å². The topological polar surface area (TPSA) is 83.8 Å². The molecule has 0 saturated carbocycles. The SMILES string of the molecule is Cc1cc(SC2=C(O)C[C@](CCc3ccc(O)cc3)(C(C)C)OC2=O)c(C(C)(C)C)cc1C(=O)CC(C)(C)C. The zero-order valence-electron chi connectivity index (χ0n) is 24.9. The van der Waals surface area contributed by atoms with E-state index in [-0.39, 0.29) is 45.4 Å². The van der Waals surface area contributed by atoms with Crippen LogP contribution in [0.2, 0.25) is 0 Å². The molecule has 2 aromatic rings. The number of hydrogen-bond acceptors (Lipinski definition) is 6. The van der Waals surface area contributed by atoms with Gasteiger partial charge >= 0.3 is 5.97 Å². The number of benzene rings is 2. The number of aryl methyl sites for hydroxylation is 2. The molecule has 1 heterocycles. The van der Waals surface area contributed by atoms with Gasteiger partial charge in [0.25, 0.3) is 0 Å². The molecule has 1 atom stereocenters. The lowest BCUT2D eigenvalue weighted by atomic mass is 9.80. The lowest BCUT2D eigenvalue weighted by molar-refractivity contribution is -0.164. The Hall–Kier alpha value is -2.73. The molecule has 0 unspecified atom stereocenters. The summed E-state index contributed by atoms with van der Waals surface area (Å²) in [6.07, 6.45) is 1.89. The fraction of sp³-hybridized carbons (Fsp3) is 0.515. The summed E-state index contributed by atoms with van der Waals surface area (Å²) >= 11 is 1.23. The van der Waals surface area contributed by atoms with Gasteiger partial charge in [-0.2, -0.15) is 0 Å². The number of aliphatic hydroxyl groups is 1. The van der Waals surface area contributed by atoms with E-state index in [1.165, 1.54) is 11.8 Å². The first kappa shape index (κ1) is 30.8. The fourth-order valence-electron chi connectivity index (χ4n) is 4.96. The first-order valence-electron chi connectivity index (χ1n) is 13.7. The average molecular weight is 553 g/mol. The second-order valence-corrected chi connectivity index (χ2v) is 14.5. The number of carbonyl (C=O) groups excluding carboxylic acids is 2. The summed E-state index contributed by atoms with van der Waals surface area (Å²) < 4.78 is 6.13. The molecule has 0 amide bonds. The Balaban J connectivity index is 1.94. The van der Waals surface area contributed by atoms with Crippen molar-refractivity contribution in [2.75, 3.05) is 0 Å². The lowest BCUT2D eigenvalue weighted by Gasteiger charge is -2.40. The van der Waals surface area contributed by atoms with Crippen LogP contribution in [0.5, 0.6) is 5.75 Å². The van der Waals surface area contributed by atoms with Crippen molar-refractivity contribution in [3.8, 4) is 5.75 Å². The van der Waals surface area contributed by atoms with E-state index in [1.807, 2.05) is 45.0 Å². The summed E-state index contributed by atoms with van der Waals surface area (Å²) in [5.41, 5.74) is 2.32. The Morgan fingerprint density at radius 2 is 1.67 bits per heavy atom. The Kier molecular flexibility index (Phi) is 9.01. The van der Waals surface area contributed by atoms with Gasteiger partial charge in [-0.25, -0.2) is 4.79 Å². The third-order valence-electron chi connectivity index (χ3n) is 7.37. The number of carbonyl (C=O) groups is 2. The number of aliphatic hydroxyl groups excluding tert-OH is 1. The minimum atomic E-state index is -0.824. The second-order valence-electron chi connectivity index (χ2n) is 13.4. The molecule has 6 heteroatoms. The molecule has 3 rings (SSSR count). The van der Waals surface area contributed by atoms with Gasteiger partial charge in [0.15, 0.2) is 5.78 Å². The number of ketones is 1. The molecule has 1 aliphatic heterocycles. The second kappa shape index (κ2) is 11.4. The van der Waals surface area contributed by atoms with Gasteiger partial charge in [-0.05, 0) is 77.5 Å². The molecule has 212 valence electrons. The van der Waals surface area contributed by atoms with Gasteiger partial charge in [-0.15, -0.1) is 0 Å². The third-order valence-corrected chi connectivity index (χ3v) is 8.54. The highest BCUT2D eigenvalue weighted by Crippen LogP contribution is 2.45. The van der Waals surface area contributed by atoms with E-state index in [0.29, 0.717) is 24.8 Å². The number of thioether (sulfide) groups is 1. The molecule has 2 aromatic carbocycles. The molecule has 0 saturated heterocycles. The van der Waals surface area contributed by atoms with E-state index in [2.05, 4.69) is 41.5 Å². The summed E-state index contributed by atoms with van der Waals surface area (Å²) in [5.74, 6) is -0.168. The number of cyclic esters (lactones) is 1. The normalized spacial score (nSPS) is 18.5. The Morgan fingerprint density at radius 1 is 1.05 bits per heavy atom. The maximum absolute atomic E-state index is 13.4. The third kappa shape index (κ3) is 7.47. The summed E-state index contributed by atoms with van der Waals surface area (Å²) in [7, 11) is 0. The van der Waals surface area contributed by atoms with Crippen molar-refractivity contribution < 1.29 is 24.5 Å². The quantitative estimate of drug-likeness (QED) is 0.252. The van der Waals surface area contributed by atoms with Crippen molar-refractivity contribution in [1.29, 1.82) is 0 Å². The van der Waals surface area contributed by atoms with E-state index in [4.69, 9.17) is 4.74 Å². The molecule has 2 N–H and O–H groups in total. The van der Waals surface area contributed by atoms with Crippen LogP contribution in [0.3, 0.4) is 0 Å². The first-order valence-corrected chi connectivity index (χ1v) is 14.5. The first-order chi connectivity index (χ1) is 17.9. The molecule has 0 aliphatic carbocycles. The molecular formula is C33H44O5S. The van der Waals surface area contributed by atoms with Crippen LogP contribution in [0.25, 0.3) is 0 Å². The van der Waals surface area contributed by atoms with Crippen molar-refractivity contribution in [2.45, 2.75) is 104 Å². The molecule has 0 fully saturated rings. The molecule has 0 spiro atoms. The predicted octanol–water partition coefficient (Wildman–Crippen LogP) is 8.45. The van der Waals surface area contributed by atoms with Crippen molar-refractivity contribution in [2.24, 2.45) is 11.3 Å². The van der Waals surface area contributed by atoms with Crippen molar-refractivity contribution in [1.82, 2.24) is 0 Å². The molecule has 0 bridgehead atoms. The number of aromatic hydroxyl groups is 1. The van der Waals surface area contributed by atoms with Gasteiger partial charge in [0, 0.05) is 23.3 Å². The minimum absolute atomic E-state index is 0.00671. The fourth-order valence-corrected chi connectivity index (χ4v) is 6.20. The smallest absolute Gasteiger partial charge is 0.349 e. The Labute approximate surface area is 238 Å². The maximum atomic E-state index is 13.4. The minimum Gasteiger partial charge on any atom is -0.511 e. The highest BCUT2D eigenvalue weighted by molar-refractivity contribution is 8.04. The number of esters is 1. The highest BCUT2D eigenvalue weighted by atomic mass is 32.2. The number of phenols is 1. The summed E-state index contributed by atoms with van der Waals surface area (Å²) in [6.45, 7) is 18.4. The zero-order chi connectivity index (χ0) is 29.3. The standard InChI is InChI=1S/C33H44O5S/c1-20(2)33(15-14-22-10-12-23(34)13-11-22)19-27(36)29(30(37)38-33)39-28-16-21(3)24(17-25(28)32(7,8)9)26(35)18-31(4,5)6/h10-13,16-17,20,34,36H,14-15,18-19H2,1-9H3/t33-/m1/s1. The Morgan fingerprint density at radius 3 is 2.18 bits per heavy atom. The van der Waals surface area contributed by atoms with Gasteiger partial charge in [0.2, 0.25) is 0 Å². The number of Topliss-reactive ketones (excluding diaryl/α,β-unsaturated/α-hetero) is 1. The van der Waals surface area contributed by atoms with Crippen molar-refractivity contribution in [3.63, 3.8) is 0 Å². The summed E-state index contributed by atoms with van der Waals surface area (Å²) in [5, 5.41) is 20.8. The van der Waals surface area contributed by atoms with Crippen LogP contribution in [0, 0.1) is 18.3 Å². The highest BCUT2D eigenvalue weighted by Gasteiger charge is 2.44. The van der Waals surface area contributed by atoms with Crippen molar-refractivity contribution in [3.05, 3.63) is 69.3 Å². The van der Waals surface area contributed by atoms with Gasteiger partial charge in [0.05, 0.1) is 0 Å². The largest absolute Gasteiger partial charge is 0.511 e. The van der Waals surface area contributed by atoms with Crippen LogP contribution in [0.4, 0.5) is 0 Å². The maximum Gasteiger partial charge on any atom is 0.349 e. The van der Waals surface area contributed by atoms with Crippen LogP contribution in [0.1, 0.15) is 102 Å². The monoisotopic (exact) mass is 552 g/mol. The summed E-state index contributed by atoms with van der Waals surface area (Å²) in [6, 6.07) is 10.9. The number of rotatable bonds is 8. The van der Waals surface area contributed by atoms with Gasteiger partial charge in [-0.1, -0.05) is 79.3 Å². The Bertz CT molecular complexity index is 1260. The van der Waals surface area contributed by atoms with Crippen LogP contribution >= 0.6 is 11.8 Å². The van der Waals surface area contributed by atoms with Gasteiger partial charge < -0.3 is 14.9 Å². The van der Waals surface area contributed by atoms with E-state index in [0.717, 1.165) is 21.6 Å². The molecule has 39 heavy (non-hydrogen) atoms. The predicted molar refractivity (Wildman–Crippen MR) is 158 cm³/mol. The van der Waals surface area contributed by atoms with Crippen LogP contribution < -0.4 is 0 Å². The van der Waals surface area contributed by atoms with Crippen LogP contribution in [-0.4, -0.2) is 27.6 Å². The number of hydrogen-bond donors (Lipinski definition) is 2. The lowest BCUT2D eigenvalue weighted by Crippen LogP contribution is -2.44. The summed E-state index contributed by atoms with van der Waals surface area (Å²) in [4.78, 5) is 27.6. The van der Waals surface area contributed by atoms with Gasteiger partial charge in [0.1, 0.15) is 22.0 Å². The van der Waals surface area contributed by atoms with E-state index in [1.54, 1.807) is 12.1 Å². The van der Waals surface area contributed by atoms with Crippen molar-refractivity contribution >= 4 is 23.5 Å². The number of ether oxygens (including phenoxy) is 1. The zero-order valence-corrected chi connectivity index (χ0v) is 25.7. The van der Waals surface area contributed by atoms with Gasteiger partial charge in [-0.3, -0.25) is 4.79 Å². The van der Waals surface area contributed by atoms with E-state index in [9.17, 15) is 19.8 Å².